The van der Waals surface area contributed by atoms with Gasteiger partial charge < -0.3 is 34.5 Å². The molecule has 0 aliphatic rings. The maximum atomic E-state index is 10.9. The lowest BCUT2D eigenvalue weighted by Gasteiger charge is -2.00. The molecule has 3 aromatic heterocycles. The van der Waals surface area contributed by atoms with E-state index in [0.717, 1.165) is 43.4 Å². The van der Waals surface area contributed by atoms with Crippen LogP contribution in [0.2, 0.25) is 0 Å². The molecule has 3 aromatic rings. The fraction of sp³-hybridized carbons (Fsp3) is 0.432. The minimum absolute atomic E-state index is 0.0609. The van der Waals surface area contributed by atoms with Crippen molar-refractivity contribution in [2.45, 2.75) is 61.4 Å². The van der Waals surface area contributed by atoms with Crippen molar-refractivity contribution < 1.29 is 70.9 Å². The second-order valence-corrected chi connectivity index (χ2v) is 22.5. The summed E-state index contributed by atoms with van der Waals surface area (Å²) in [6.45, 7) is 0. The van der Waals surface area contributed by atoms with Gasteiger partial charge in [0.15, 0.2) is 6.07 Å². The SMILES string of the molecule is COC(=O)SCl.COC(=O)SSCCCC(=O)O.O=C(CCCSSc1ccccn1)OCCl.O=C(O)CCCS.O=C(O)CCCSSc1ccccn1.O=S(=O)(Cl)OCCl.S=c1cccc[nH]1. The Balaban J connectivity index is -0.000000369. The fourth-order valence-electron chi connectivity index (χ4n) is 2.79. The maximum Gasteiger partial charge on any atom is 0.382 e. The first-order chi connectivity index (χ1) is 32.8. The van der Waals surface area contributed by atoms with Crippen LogP contribution in [0.25, 0.3) is 0 Å². The van der Waals surface area contributed by atoms with Gasteiger partial charge in [-0.3, -0.25) is 19.2 Å². The lowest BCUT2D eigenvalue weighted by atomic mass is 10.3. The minimum atomic E-state index is -3.83. The average Bonchev–Trinajstić information content (AvgIpc) is 3.32. The van der Waals surface area contributed by atoms with Crippen LogP contribution in [-0.2, 0) is 46.9 Å². The third-order valence-corrected chi connectivity index (χ3v) is 14.7. The fourth-order valence-corrected chi connectivity index (χ4v) is 9.73. The number of carboxylic acids is 3. The Morgan fingerprint density at radius 3 is 1.45 bits per heavy atom. The molecule has 0 amide bonds. The van der Waals surface area contributed by atoms with Crippen molar-refractivity contribution in [1.82, 2.24) is 15.0 Å². The summed E-state index contributed by atoms with van der Waals surface area (Å²) in [6.07, 6.45) is 9.11. The molecule has 392 valence electrons. The number of hydrogen-bond acceptors (Lipinski definition) is 23. The van der Waals surface area contributed by atoms with E-state index in [-0.39, 0.29) is 36.6 Å². The summed E-state index contributed by atoms with van der Waals surface area (Å²) in [6, 6.07) is 16.7. The van der Waals surface area contributed by atoms with Crippen LogP contribution in [0.4, 0.5) is 9.59 Å². The summed E-state index contributed by atoms with van der Waals surface area (Å²) in [7, 11) is 17.5. The number of thiol groups is 1. The van der Waals surface area contributed by atoms with Gasteiger partial charge in [-0.25, -0.2) is 23.7 Å². The number of alkyl halides is 2. The normalized spacial score (nSPS) is 9.61. The summed E-state index contributed by atoms with van der Waals surface area (Å²) in [5.74, 6) is 0.518. The summed E-state index contributed by atoms with van der Waals surface area (Å²) >= 11 is 18.6. The highest BCUT2D eigenvalue weighted by atomic mass is 35.7. The first-order valence-corrected chi connectivity index (χ1v) is 31.7. The van der Waals surface area contributed by atoms with Crippen molar-refractivity contribution in [1.29, 1.82) is 0 Å². The van der Waals surface area contributed by atoms with Gasteiger partial charge in [0.25, 0.3) is 0 Å². The number of ether oxygens (including phenoxy) is 3. The number of H-pyrrole nitrogens is 1. The van der Waals surface area contributed by atoms with E-state index in [4.69, 9.17) is 61.4 Å². The average molecular weight is 1240 g/mol. The van der Waals surface area contributed by atoms with Crippen LogP contribution in [0.5, 0.6) is 0 Å². The Hall–Kier alpha value is -1.64. The molecule has 3 heterocycles. The zero-order chi connectivity index (χ0) is 53.0. The third kappa shape index (κ3) is 68.5. The van der Waals surface area contributed by atoms with E-state index in [1.54, 1.807) is 55.6 Å². The predicted octanol–water partition coefficient (Wildman–Crippen LogP) is 12.9. The Kier molecular flexibility index (Phi) is 59.6. The number of carbonyl (C=O) groups is 6. The van der Waals surface area contributed by atoms with Gasteiger partial charge in [-0.05, 0) is 100 Å². The number of nitrogens with one attached hydrogen (secondary N) is 1. The van der Waals surface area contributed by atoms with E-state index in [0.29, 0.717) is 48.2 Å². The minimum Gasteiger partial charge on any atom is -0.481 e. The monoisotopic (exact) mass is 1240 g/mol. The van der Waals surface area contributed by atoms with Crippen LogP contribution in [0.3, 0.4) is 0 Å². The van der Waals surface area contributed by atoms with E-state index < -0.39 is 38.6 Å². The summed E-state index contributed by atoms with van der Waals surface area (Å²) in [5.41, 5.74) is 0. The highest BCUT2D eigenvalue weighted by molar-refractivity contribution is 8.82. The molecule has 18 nitrogen and oxygen atoms in total. The molecule has 0 spiro atoms. The Morgan fingerprint density at radius 1 is 0.696 bits per heavy atom. The van der Waals surface area contributed by atoms with Crippen LogP contribution < -0.4 is 0 Å². The van der Waals surface area contributed by atoms with E-state index in [1.165, 1.54) is 25.0 Å². The number of methoxy groups -OCH3 is 2. The second-order valence-electron chi connectivity index (χ2n) is 10.8. The number of aromatic nitrogens is 3. The first kappa shape index (κ1) is 73.9. The second kappa shape index (κ2) is 55.7. The van der Waals surface area contributed by atoms with Gasteiger partial charge in [0.1, 0.15) is 20.8 Å². The van der Waals surface area contributed by atoms with E-state index >= 15 is 0 Å². The molecule has 0 atom stereocenters. The van der Waals surface area contributed by atoms with Crippen LogP contribution >= 0.6 is 145 Å². The van der Waals surface area contributed by atoms with Crippen LogP contribution in [0.1, 0.15) is 51.4 Å². The number of carboxylic acid groups (broad SMARTS) is 3. The number of nitrogens with zero attached hydrogens (tertiary/aromatic N) is 2. The summed E-state index contributed by atoms with van der Waals surface area (Å²) in [5, 5.41) is 25.8. The third-order valence-electron chi connectivity index (χ3n) is 5.56. The van der Waals surface area contributed by atoms with Gasteiger partial charge in [0, 0.05) is 83.0 Å². The smallest absolute Gasteiger partial charge is 0.382 e. The Bertz CT molecular complexity index is 1900. The zero-order valence-electron chi connectivity index (χ0n) is 36.6. The Labute approximate surface area is 459 Å². The molecule has 0 radical (unpaired) electrons. The van der Waals surface area contributed by atoms with Gasteiger partial charge in [0.2, 0.25) is 0 Å². The molecule has 69 heavy (non-hydrogen) atoms. The summed E-state index contributed by atoms with van der Waals surface area (Å²) in [4.78, 5) is 72.4. The molecule has 0 unspecified atom stereocenters. The van der Waals surface area contributed by atoms with Crippen LogP contribution in [-0.4, -0.2) is 123 Å². The molecule has 32 heteroatoms. The van der Waals surface area contributed by atoms with Gasteiger partial charge >= 0.3 is 43.8 Å². The van der Waals surface area contributed by atoms with Crippen LogP contribution in [0.15, 0.2) is 83.2 Å². The number of aliphatic carboxylic acids is 3. The summed E-state index contributed by atoms with van der Waals surface area (Å²) < 4.78 is 37.0. The quantitative estimate of drug-likeness (QED) is 0.00862. The highest BCUT2D eigenvalue weighted by Gasteiger charge is 2.04. The topological polar surface area (TPSA) is 276 Å². The van der Waals surface area contributed by atoms with Gasteiger partial charge in [-0.2, -0.15) is 21.0 Å². The lowest BCUT2D eigenvalue weighted by Crippen LogP contribution is -2.02. The number of halogens is 4. The molecular formula is C37H51Cl4N3O15S10. The molecule has 4 N–H and O–H groups in total. The number of carbonyl (C=O) groups excluding carboxylic acids is 3. The molecule has 0 aliphatic carbocycles. The van der Waals surface area contributed by atoms with Crippen molar-refractivity contribution in [2.75, 3.05) is 49.4 Å². The number of hydrogen-bond donors (Lipinski definition) is 5. The number of pyridine rings is 3. The predicted molar refractivity (Wildman–Crippen MR) is 292 cm³/mol. The number of rotatable bonds is 23. The van der Waals surface area contributed by atoms with Crippen molar-refractivity contribution >= 4 is 189 Å². The van der Waals surface area contributed by atoms with Gasteiger partial charge in [0.05, 0.1) is 25.2 Å². The molecule has 0 aromatic carbocycles. The standard InChI is InChI=1S/C10H12ClNO2S2.C9H11NO2S2.C6H10O4S2.C5H5NS.C4H8O2S.C2H3ClO2S.CH2Cl2O3S/c11-8-14-10(13)5-3-7-15-16-9-4-1-2-6-12-9;11-9(12)5-3-7-13-14-8-4-1-2-6-10-8;1-10-6(9)12-11-4-2-3-5(7)8;7-5-3-1-2-4-6-5;5-4(6)2-1-3-7;1-5-2(4)6-3;2-1-6-7(3,4)5/h1-2,4,6H,3,5,7-8H2;1-2,4,6H,3,5,7H2,(H,11,12);2-4H2,1H3,(H,7,8);1-4H,(H,6,7);7H,1-3H2,(H,5,6);1H3;1H2. The zero-order valence-corrected chi connectivity index (χ0v) is 47.9. The largest absolute Gasteiger partial charge is 0.481 e. The van der Waals surface area contributed by atoms with Crippen molar-refractivity contribution in [2.24, 2.45) is 0 Å². The lowest BCUT2D eigenvalue weighted by molar-refractivity contribution is -0.142. The molecule has 0 saturated heterocycles. The van der Waals surface area contributed by atoms with Crippen molar-refractivity contribution in [3.63, 3.8) is 0 Å². The molecule has 0 aliphatic heterocycles. The first-order valence-electron chi connectivity index (χ1n) is 18.7. The molecule has 0 saturated carbocycles. The molecule has 0 fully saturated rings. The molecule has 3 rings (SSSR count). The van der Waals surface area contributed by atoms with E-state index in [9.17, 15) is 37.2 Å². The van der Waals surface area contributed by atoms with Crippen molar-refractivity contribution in [3.8, 4) is 0 Å². The van der Waals surface area contributed by atoms with Crippen molar-refractivity contribution in [3.05, 3.63) is 77.8 Å². The number of esters is 1. The Morgan fingerprint density at radius 2 is 1.16 bits per heavy atom. The number of aromatic amines is 1. The maximum absolute atomic E-state index is 10.9. The highest BCUT2D eigenvalue weighted by Crippen LogP contribution is 2.30. The molecular weight excluding hydrogens is 1190 g/mol. The van der Waals surface area contributed by atoms with Gasteiger partial charge in [-0.15, -0.1) is 0 Å². The van der Waals surface area contributed by atoms with E-state index in [2.05, 4.69) is 56.7 Å². The van der Waals surface area contributed by atoms with Crippen LogP contribution in [0, 0.1) is 4.64 Å². The molecule has 0 bridgehead atoms. The van der Waals surface area contributed by atoms with Gasteiger partial charge in [-0.1, -0.05) is 86.0 Å². The van der Waals surface area contributed by atoms with E-state index in [1.807, 2.05) is 60.8 Å².